The van der Waals surface area contributed by atoms with Crippen molar-refractivity contribution in [1.29, 1.82) is 0 Å². The van der Waals surface area contributed by atoms with E-state index in [2.05, 4.69) is 23.1 Å². The number of benzene rings is 3. The lowest BCUT2D eigenvalue weighted by Crippen LogP contribution is -2.78. The van der Waals surface area contributed by atoms with Crippen LogP contribution in [0.15, 0.2) is 72.8 Å². The van der Waals surface area contributed by atoms with Crippen molar-refractivity contribution in [2.75, 3.05) is 26.7 Å². The molecule has 3 aromatic carbocycles. The summed E-state index contributed by atoms with van der Waals surface area (Å²) in [4.78, 5) is 18.7. The molecule has 3 aromatic rings. The van der Waals surface area contributed by atoms with Gasteiger partial charge in [0, 0.05) is 30.8 Å². The van der Waals surface area contributed by atoms with Crippen LogP contribution < -0.4 is 9.47 Å². The summed E-state index contributed by atoms with van der Waals surface area (Å²) >= 11 is 0. The van der Waals surface area contributed by atoms with E-state index in [0.717, 1.165) is 62.9 Å². The number of hydrogen-bond acceptors (Lipinski definition) is 5. The van der Waals surface area contributed by atoms with Gasteiger partial charge >= 0.3 is 6.18 Å². The highest BCUT2D eigenvalue weighted by molar-refractivity contribution is 5.92. The fourth-order valence-electron chi connectivity index (χ4n) is 9.70. The topological polar surface area (TPSA) is 62.2 Å². The van der Waals surface area contributed by atoms with Crippen molar-refractivity contribution >= 4 is 12.0 Å². The van der Waals surface area contributed by atoms with E-state index in [-0.39, 0.29) is 18.0 Å². The molecule has 50 heavy (non-hydrogen) atoms. The number of carbonyl (C=O) groups excluding carboxylic acids is 1. The Hall–Kier alpha value is -3.82. The summed E-state index contributed by atoms with van der Waals surface area (Å²) in [6.07, 6.45) is 5.46. The summed E-state index contributed by atoms with van der Waals surface area (Å²) < 4.78 is 53.2. The monoisotopic (exact) mass is 686 g/mol. The third-order valence-electron chi connectivity index (χ3n) is 12.2. The molecule has 2 saturated carbocycles. The first kappa shape index (κ1) is 33.3. The van der Waals surface area contributed by atoms with Crippen molar-refractivity contribution in [3.63, 3.8) is 0 Å². The molecule has 3 fully saturated rings. The number of aliphatic hydroxyl groups is 1. The van der Waals surface area contributed by atoms with Crippen molar-refractivity contribution in [2.45, 2.75) is 93.2 Å². The Morgan fingerprint density at radius 3 is 2.64 bits per heavy atom. The lowest BCUT2D eigenvalue weighted by molar-refractivity contribution is -0.201. The third kappa shape index (κ3) is 5.61. The predicted octanol–water partition coefficient (Wildman–Crippen LogP) is 7.21. The first-order valence-electron chi connectivity index (χ1n) is 18.2. The zero-order chi connectivity index (χ0) is 34.7. The van der Waals surface area contributed by atoms with Gasteiger partial charge in [-0.15, -0.1) is 0 Å². The molecule has 2 bridgehead atoms. The number of amides is 1. The van der Waals surface area contributed by atoms with Gasteiger partial charge in [-0.2, -0.15) is 13.2 Å². The number of carbonyl (C=O) groups is 1. The van der Waals surface area contributed by atoms with Crippen molar-refractivity contribution in [2.24, 2.45) is 5.92 Å². The molecule has 1 N–H and O–H groups in total. The van der Waals surface area contributed by atoms with Gasteiger partial charge < -0.3 is 19.5 Å². The van der Waals surface area contributed by atoms with E-state index in [1.807, 2.05) is 29.2 Å². The molecule has 5 atom stereocenters. The maximum atomic E-state index is 14.3. The number of piperidine rings is 1. The minimum absolute atomic E-state index is 0.0356. The van der Waals surface area contributed by atoms with Crippen molar-refractivity contribution in [3.05, 3.63) is 101 Å². The number of ether oxygens (including phenoxy) is 2. The van der Waals surface area contributed by atoms with E-state index >= 15 is 0 Å². The standard InChI is InChI=1S/C41H45F3N2O4/c1-49-33-17-16-30-25-34-40(48)20-19-32(38-39(40,36(30)37(33)50-38)21-23-45(34)26-29-13-14-29)46(22-6-5-10-27-8-3-2-4-9-27)35(47)18-15-28-11-7-12-31(24-28)41(42,43)44/h2-4,7-9,11-12,15-18,24,29,32,34,38,48H,5-6,10,13-14,19-23,25-26H2,1H3/t32-,34-,38+,39+,40-/m1/s1. The lowest BCUT2D eigenvalue weighted by atomic mass is 9.48. The molecular formula is C41H45F3N2O4. The van der Waals surface area contributed by atoms with Crippen molar-refractivity contribution < 1.29 is 32.5 Å². The maximum absolute atomic E-state index is 14.3. The molecule has 264 valence electrons. The van der Waals surface area contributed by atoms with E-state index in [4.69, 9.17) is 9.47 Å². The quantitative estimate of drug-likeness (QED) is 0.171. The van der Waals surface area contributed by atoms with Crippen molar-refractivity contribution in [3.8, 4) is 11.5 Å². The largest absolute Gasteiger partial charge is 0.493 e. The van der Waals surface area contributed by atoms with Crippen LogP contribution in [0.1, 0.15) is 72.8 Å². The summed E-state index contributed by atoms with van der Waals surface area (Å²) in [6.45, 7) is 2.32. The van der Waals surface area contributed by atoms with Gasteiger partial charge in [0.2, 0.25) is 5.91 Å². The van der Waals surface area contributed by atoms with Crippen LogP contribution in [0.25, 0.3) is 6.08 Å². The number of likely N-dealkylation sites (tertiary alicyclic amines) is 1. The number of unbranched alkanes of at least 4 members (excludes halogenated alkanes) is 1. The molecule has 1 amide bonds. The Labute approximate surface area is 291 Å². The van der Waals surface area contributed by atoms with Gasteiger partial charge in [-0.1, -0.05) is 48.5 Å². The summed E-state index contributed by atoms with van der Waals surface area (Å²) in [5.41, 5.74) is 1.30. The van der Waals surface area contributed by atoms with Crippen LogP contribution in [0, 0.1) is 5.92 Å². The van der Waals surface area contributed by atoms with Crippen LogP contribution in [0.3, 0.4) is 0 Å². The fourth-order valence-corrected chi connectivity index (χ4v) is 9.70. The average molecular weight is 687 g/mol. The number of nitrogens with zero attached hydrogens (tertiary/aromatic N) is 2. The average Bonchev–Trinajstić information content (AvgIpc) is 3.86. The number of hydrogen-bond donors (Lipinski definition) is 1. The van der Waals surface area contributed by atoms with E-state index in [1.165, 1.54) is 42.2 Å². The zero-order valence-electron chi connectivity index (χ0n) is 28.5. The highest BCUT2D eigenvalue weighted by Gasteiger charge is 2.73. The highest BCUT2D eigenvalue weighted by Crippen LogP contribution is 2.66. The van der Waals surface area contributed by atoms with Crippen LogP contribution in [-0.2, 0) is 29.2 Å². The molecule has 0 aromatic heterocycles. The van der Waals surface area contributed by atoms with Gasteiger partial charge in [0.1, 0.15) is 6.10 Å². The molecule has 0 unspecified atom stereocenters. The molecule has 3 aliphatic carbocycles. The minimum Gasteiger partial charge on any atom is -0.493 e. The molecule has 6 nitrogen and oxygen atoms in total. The SMILES string of the molecule is COc1ccc2c3c1O[C@H]1[C@H](N(CCCCc4ccccc4)C(=O)C=Cc4cccc(C(F)(F)F)c4)CC[C@@]4(O)[C@@H](C2)N(CC2CC2)CC[C@]314. The molecular weight excluding hydrogens is 641 g/mol. The van der Waals surface area contributed by atoms with E-state index in [0.29, 0.717) is 42.4 Å². The Bertz CT molecular complexity index is 1780. The molecule has 1 spiro atoms. The second kappa shape index (κ2) is 12.7. The minimum atomic E-state index is -4.47. The second-order valence-electron chi connectivity index (χ2n) is 15.0. The van der Waals surface area contributed by atoms with Crippen LogP contribution in [0.2, 0.25) is 0 Å². The Morgan fingerprint density at radius 1 is 1.06 bits per heavy atom. The molecule has 2 aliphatic heterocycles. The summed E-state index contributed by atoms with van der Waals surface area (Å²) in [6, 6.07) is 19.0. The number of methoxy groups -OCH3 is 1. The number of aryl methyl sites for hydroxylation is 1. The van der Waals surface area contributed by atoms with Gasteiger partial charge in [0.25, 0.3) is 0 Å². The van der Waals surface area contributed by atoms with Crippen molar-refractivity contribution in [1.82, 2.24) is 9.80 Å². The number of halogens is 3. The summed E-state index contributed by atoms with van der Waals surface area (Å²) in [7, 11) is 1.63. The lowest BCUT2D eigenvalue weighted by Gasteiger charge is -2.65. The maximum Gasteiger partial charge on any atom is 0.416 e. The summed E-state index contributed by atoms with van der Waals surface area (Å²) in [5, 5.41) is 13.0. The van der Waals surface area contributed by atoms with E-state index in [1.54, 1.807) is 13.2 Å². The first-order valence-corrected chi connectivity index (χ1v) is 18.2. The zero-order valence-corrected chi connectivity index (χ0v) is 28.5. The van der Waals surface area contributed by atoms with Crippen LogP contribution >= 0.6 is 0 Å². The molecule has 8 rings (SSSR count). The van der Waals surface area contributed by atoms with Crippen LogP contribution in [-0.4, -0.2) is 71.3 Å². The smallest absolute Gasteiger partial charge is 0.416 e. The predicted molar refractivity (Wildman–Crippen MR) is 185 cm³/mol. The first-order chi connectivity index (χ1) is 24.1. The Morgan fingerprint density at radius 2 is 1.88 bits per heavy atom. The summed E-state index contributed by atoms with van der Waals surface area (Å²) in [5.74, 6) is 1.75. The Kier molecular flexibility index (Phi) is 8.50. The molecule has 2 heterocycles. The number of rotatable bonds is 11. The Balaban J connectivity index is 1.13. The fraction of sp³-hybridized carbons (Fsp3) is 0.488. The van der Waals surface area contributed by atoms with Gasteiger partial charge in [0.15, 0.2) is 11.5 Å². The van der Waals surface area contributed by atoms with Gasteiger partial charge in [-0.05, 0) is 111 Å². The molecule has 5 aliphatic rings. The molecule has 0 radical (unpaired) electrons. The van der Waals surface area contributed by atoms with Gasteiger partial charge in [-0.25, -0.2) is 0 Å². The van der Waals surface area contributed by atoms with Gasteiger partial charge in [-0.3, -0.25) is 9.69 Å². The van der Waals surface area contributed by atoms with Crippen LogP contribution in [0.4, 0.5) is 13.2 Å². The van der Waals surface area contributed by atoms with E-state index in [9.17, 15) is 23.1 Å². The van der Waals surface area contributed by atoms with Crippen LogP contribution in [0.5, 0.6) is 11.5 Å². The third-order valence-corrected chi connectivity index (χ3v) is 12.2. The van der Waals surface area contributed by atoms with E-state index < -0.39 is 28.9 Å². The van der Waals surface area contributed by atoms with Gasteiger partial charge in [0.05, 0.1) is 29.7 Å². The number of alkyl halides is 3. The normalized spacial score (nSPS) is 28.3. The molecule has 1 saturated heterocycles. The molecule has 9 heteroatoms. The highest BCUT2D eigenvalue weighted by atomic mass is 19.4. The second-order valence-corrected chi connectivity index (χ2v) is 15.0.